The lowest BCUT2D eigenvalue weighted by atomic mass is 10.1. The predicted octanol–water partition coefficient (Wildman–Crippen LogP) is 4.17. The van der Waals surface area contributed by atoms with E-state index in [1.807, 2.05) is 0 Å². The number of anilines is 2. The van der Waals surface area contributed by atoms with Crippen LogP contribution in [0.15, 0.2) is 36.4 Å². The Hall–Kier alpha value is -2.14. The SMILES string of the molecule is COC(=O)c1cc(N(C)c2ccc(F)cc2F)ccc1Cl. The van der Waals surface area contributed by atoms with Gasteiger partial charge >= 0.3 is 5.97 Å². The molecule has 0 amide bonds. The third-order valence-corrected chi connectivity index (χ3v) is 3.34. The fraction of sp³-hybridized carbons (Fsp3) is 0.133. The number of hydrogen-bond donors (Lipinski definition) is 0. The number of rotatable bonds is 3. The zero-order valence-electron chi connectivity index (χ0n) is 11.4. The normalized spacial score (nSPS) is 10.3. The van der Waals surface area contributed by atoms with Crippen molar-refractivity contribution in [3.63, 3.8) is 0 Å². The maximum absolute atomic E-state index is 13.8. The Bertz CT molecular complexity index is 691. The number of nitrogens with zero attached hydrogens (tertiary/aromatic N) is 1. The second-order valence-electron chi connectivity index (χ2n) is 4.31. The van der Waals surface area contributed by atoms with Crippen LogP contribution in [-0.2, 0) is 4.74 Å². The monoisotopic (exact) mass is 311 g/mol. The van der Waals surface area contributed by atoms with Gasteiger partial charge in [-0.15, -0.1) is 0 Å². The van der Waals surface area contributed by atoms with Gasteiger partial charge in [0.05, 0.1) is 23.4 Å². The molecule has 2 rings (SSSR count). The Balaban J connectivity index is 2.44. The van der Waals surface area contributed by atoms with Crippen LogP contribution < -0.4 is 4.90 Å². The molecule has 0 saturated heterocycles. The van der Waals surface area contributed by atoms with E-state index >= 15 is 0 Å². The number of ether oxygens (including phenoxy) is 1. The molecular weight excluding hydrogens is 300 g/mol. The average molecular weight is 312 g/mol. The van der Waals surface area contributed by atoms with E-state index in [0.29, 0.717) is 5.69 Å². The van der Waals surface area contributed by atoms with E-state index in [4.69, 9.17) is 11.6 Å². The molecule has 0 aliphatic heterocycles. The van der Waals surface area contributed by atoms with Gasteiger partial charge in [0.25, 0.3) is 0 Å². The van der Waals surface area contributed by atoms with E-state index < -0.39 is 17.6 Å². The molecule has 2 aromatic carbocycles. The van der Waals surface area contributed by atoms with Crippen molar-refractivity contribution in [2.45, 2.75) is 0 Å². The number of benzene rings is 2. The summed E-state index contributed by atoms with van der Waals surface area (Å²) in [6.45, 7) is 0. The molecule has 0 fully saturated rings. The Morgan fingerprint density at radius 3 is 2.52 bits per heavy atom. The lowest BCUT2D eigenvalue weighted by molar-refractivity contribution is 0.0601. The van der Waals surface area contributed by atoms with Gasteiger partial charge in [-0.1, -0.05) is 11.6 Å². The van der Waals surface area contributed by atoms with E-state index in [0.717, 1.165) is 12.1 Å². The second kappa shape index (κ2) is 6.10. The highest BCUT2D eigenvalue weighted by molar-refractivity contribution is 6.33. The van der Waals surface area contributed by atoms with E-state index in [9.17, 15) is 13.6 Å². The lowest BCUT2D eigenvalue weighted by Gasteiger charge is -2.21. The molecule has 6 heteroatoms. The lowest BCUT2D eigenvalue weighted by Crippen LogP contribution is -2.13. The summed E-state index contributed by atoms with van der Waals surface area (Å²) in [4.78, 5) is 13.1. The first-order valence-corrected chi connectivity index (χ1v) is 6.38. The van der Waals surface area contributed by atoms with Gasteiger partial charge in [0.1, 0.15) is 11.6 Å². The third kappa shape index (κ3) is 3.13. The molecule has 110 valence electrons. The zero-order chi connectivity index (χ0) is 15.6. The van der Waals surface area contributed by atoms with E-state index in [2.05, 4.69) is 4.74 Å². The molecular formula is C15H12ClF2NO2. The summed E-state index contributed by atoms with van der Waals surface area (Å²) in [5, 5.41) is 0.235. The van der Waals surface area contributed by atoms with Crippen LogP contribution in [0.1, 0.15) is 10.4 Å². The van der Waals surface area contributed by atoms with Crippen molar-refractivity contribution in [3.8, 4) is 0 Å². The van der Waals surface area contributed by atoms with Crippen molar-refractivity contribution in [1.82, 2.24) is 0 Å². The average Bonchev–Trinajstić information content (AvgIpc) is 2.46. The van der Waals surface area contributed by atoms with E-state index in [1.165, 1.54) is 30.2 Å². The van der Waals surface area contributed by atoms with Crippen molar-refractivity contribution in [3.05, 3.63) is 58.6 Å². The molecule has 3 nitrogen and oxygen atoms in total. The van der Waals surface area contributed by atoms with Crippen molar-refractivity contribution >= 4 is 28.9 Å². The number of hydrogen-bond acceptors (Lipinski definition) is 3. The van der Waals surface area contributed by atoms with Crippen LogP contribution in [0.2, 0.25) is 5.02 Å². The fourth-order valence-corrected chi connectivity index (χ4v) is 2.08. The van der Waals surface area contributed by atoms with Gasteiger partial charge in [0, 0.05) is 18.8 Å². The van der Waals surface area contributed by atoms with Gasteiger partial charge in [0.2, 0.25) is 0 Å². The summed E-state index contributed by atoms with van der Waals surface area (Å²) < 4.78 is 31.4. The van der Waals surface area contributed by atoms with Gasteiger partial charge in [-0.2, -0.15) is 0 Å². The topological polar surface area (TPSA) is 29.5 Å². The van der Waals surface area contributed by atoms with Crippen molar-refractivity contribution < 1.29 is 18.3 Å². The first kappa shape index (κ1) is 15.3. The summed E-state index contributed by atoms with van der Waals surface area (Å²) in [5.74, 6) is -1.95. The molecule has 0 N–H and O–H groups in total. The van der Waals surface area contributed by atoms with Crippen LogP contribution >= 0.6 is 11.6 Å². The Morgan fingerprint density at radius 2 is 1.90 bits per heavy atom. The van der Waals surface area contributed by atoms with Gasteiger partial charge in [-0.25, -0.2) is 13.6 Å². The molecule has 0 aliphatic carbocycles. The Kier molecular flexibility index (Phi) is 4.43. The third-order valence-electron chi connectivity index (χ3n) is 3.01. The molecule has 0 spiro atoms. The summed E-state index contributed by atoms with van der Waals surface area (Å²) in [6.07, 6.45) is 0. The fourth-order valence-electron chi connectivity index (χ4n) is 1.88. The van der Waals surface area contributed by atoms with Crippen LogP contribution in [0.3, 0.4) is 0 Å². The standard InChI is InChI=1S/C15H12ClF2NO2/c1-19(14-6-3-9(17)7-13(14)18)10-4-5-12(16)11(8-10)15(20)21-2/h3-8H,1-2H3. The maximum atomic E-state index is 13.8. The molecule has 2 aromatic rings. The van der Waals surface area contributed by atoms with Crippen molar-refractivity contribution in [1.29, 1.82) is 0 Å². The predicted molar refractivity (Wildman–Crippen MR) is 77.2 cm³/mol. The highest BCUT2D eigenvalue weighted by atomic mass is 35.5. The van der Waals surface area contributed by atoms with E-state index in [-0.39, 0.29) is 16.3 Å². The first-order valence-electron chi connectivity index (χ1n) is 6.00. The molecule has 0 radical (unpaired) electrons. The van der Waals surface area contributed by atoms with Gasteiger partial charge in [-0.05, 0) is 30.3 Å². The minimum absolute atomic E-state index is 0.172. The molecule has 0 atom stereocenters. The van der Waals surface area contributed by atoms with Crippen LogP contribution in [0.5, 0.6) is 0 Å². The Morgan fingerprint density at radius 1 is 1.19 bits per heavy atom. The molecule has 0 aromatic heterocycles. The number of halogens is 3. The largest absolute Gasteiger partial charge is 0.465 e. The minimum Gasteiger partial charge on any atom is -0.465 e. The molecule has 21 heavy (non-hydrogen) atoms. The Labute approximate surface area is 125 Å². The van der Waals surface area contributed by atoms with Gasteiger partial charge in [0.15, 0.2) is 0 Å². The molecule has 0 unspecified atom stereocenters. The van der Waals surface area contributed by atoms with Crippen LogP contribution in [-0.4, -0.2) is 20.1 Å². The summed E-state index contributed by atoms with van der Waals surface area (Å²) in [7, 11) is 2.84. The molecule has 0 heterocycles. The second-order valence-corrected chi connectivity index (χ2v) is 4.72. The molecule has 0 bridgehead atoms. The number of esters is 1. The first-order chi connectivity index (χ1) is 9.93. The van der Waals surface area contributed by atoms with Gasteiger partial charge < -0.3 is 9.64 Å². The number of methoxy groups -OCH3 is 1. The number of carbonyl (C=O) groups excluding carboxylic acids is 1. The maximum Gasteiger partial charge on any atom is 0.339 e. The summed E-state index contributed by atoms with van der Waals surface area (Å²) in [6, 6.07) is 7.89. The van der Waals surface area contributed by atoms with Crippen LogP contribution in [0.4, 0.5) is 20.2 Å². The summed E-state index contributed by atoms with van der Waals surface area (Å²) >= 11 is 5.93. The highest BCUT2D eigenvalue weighted by Gasteiger charge is 2.15. The van der Waals surface area contributed by atoms with Crippen LogP contribution in [0.25, 0.3) is 0 Å². The zero-order valence-corrected chi connectivity index (χ0v) is 12.1. The van der Waals surface area contributed by atoms with Gasteiger partial charge in [-0.3, -0.25) is 0 Å². The van der Waals surface area contributed by atoms with E-state index in [1.54, 1.807) is 13.1 Å². The van der Waals surface area contributed by atoms with Crippen LogP contribution in [0, 0.1) is 11.6 Å². The van der Waals surface area contributed by atoms with Crippen molar-refractivity contribution in [2.75, 3.05) is 19.1 Å². The highest BCUT2D eigenvalue weighted by Crippen LogP contribution is 2.30. The summed E-state index contributed by atoms with van der Waals surface area (Å²) in [5.41, 5.74) is 0.867. The smallest absolute Gasteiger partial charge is 0.339 e. The number of carbonyl (C=O) groups is 1. The molecule has 0 saturated carbocycles. The quantitative estimate of drug-likeness (QED) is 0.797. The molecule has 0 aliphatic rings. The minimum atomic E-state index is -0.702. The van der Waals surface area contributed by atoms with Crippen molar-refractivity contribution in [2.24, 2.45) is 0 Å².